The summed E-state index contributed by atoms with van der Waals surface area (Å²) >= 11 is 6.46. The molecule has 0 saturated carbocycles. The van der Waals surface area contributed by atoms with Crippen LogP contribution in [-0.2, 0) is 16.4 Å². The Labute approximate surface area is 190 Å². The Hall–Kier alpha value is -2.91. The zero-order valence-corrected chi connectivity index (χ0v) is 19.1. The van der Waals surface area contributed by atoms with Gasteiger partial charge in [0.05, 0.1) is 40.3 Å². The molecule has 0 spiro atoms. The Morgan fingerprint density at radius 3 is 2.75 bits per heavy atom. The van der Waals surface area contributed by atoms with E-state index in [-0.39, 0.29) is 34.0 Å². The van der Waals surface area contributed by atoms with E-state index < -0.39 is 9.84 Å². The second kappa shape index (κ2) is 8.91. The smallest absolute Gasteiger partial charge is 0.276 e. The maximum atomic E-state index is 12.7. The highest BCUT2D eigenvalue weighted by Crippen LogP contribution is 2.26. The number of benzene rings is 1. The van der Waals surface area contributed by atoms with Crippen molar-refractivity contribution in [2.45, 2.75) is 32.4 Å². The summed E-state index contributed by atoms with van der Waals surface area (Å²) in [5.41, 5.74) is 2.05. The number of halogens is 1. The molecule has 1 fully saturated rings. The predicted octanol–water partition coefficient (Wildman–Crippen LogP) is 2.70. The standard InChI is InChI=1S/C22H23ClN4O4S/c1-2-3-8-26-13-20(27-14-24-12-19(27)22(26)29)15-4-5-17(18(23)11-15)21(28)25-16-6-9-32(30,31)10-7-16/h2-5,11-14,16H,6-10H2,1H3,(H,25,28)/b3-2+. The first-order valence-corrected chi connectivity index (χ1v) is 12.5. The first-order valence-electron chi connectivity index (χ1n) is 10.3. The molecule has 168 valence electrons. The fourth-order valence-electron chi connectivity index (χ4n) is 3.79. The minimum atomic E-state index is -3.00. The van der Waals surface area contributed by atoms with Crippen LogP contribution >= 0.6 is 11.6 Å². The van der Waals surface area contributed by atoms with Gasteiger partial charge < -0.3 is 9.88 Å². The van der Waals surface area contributed by atoms with Crippen LogP contribution in [0.2, 0.25) is 5.02 Å². The molecule has 1 saturated heterocycles. The minimum absolute atomic E-state index is 0.0778. The van der Waals surface area contributed by atoms with Gasteiger partial charge >= 0.3 is 0 Å². The summed E-state index contributed by atoms with van der Waals surface area (Å²) in [6.07, 6.45) is 9.38. The number of allylic oxidation sites excluding steroid dienone is 2. The quantitative estimate of drug-likeness (QED) is 0.573. The van der Waals surface area contributed by atoms with E-state index in [2.05, 4.69) is 10.3 Å². The fourth-order valence-corrected chi connectivity index (χ4v) is 5.54. The third-order valence-electron chi connectivity index (χ3n) is 5.59. The zero-order valence-electron chi connectivity index (χ0n) is 17.5. The number of nitrogens with one attached hydrogen (secondary N) is 1. The summed E-state index contributed by atoms with van der Waals surface area (Å²) in [6, 6.07) is 4.89. The van der Waals surface area contributed by atoms with E-state index in [1.54, 1.807) is 39.7 Å². The molecule has 8 nitrogen and oxygen atoms in total. The SMILES string of the molecule is C/C=C/Cn1cc(-c2ccc(C(=O)NC3CCS(=O)(=O)CC3)c(Cl)c2)n2cncc2c1=O. The summed E-state index contributed by atoms with van der Waals surface area (Å²) in [5.74, 6) is -0.181. The van der Waals surface area contributed by atoms with Crippen LogP contribution in [0.5, 0.6) is 0 Å². The van der Waals surface area contributed by atoms with Crippen molar-refractivity contribution in [1.82, 2.24) is 19.3 Å². The number of imidazole rings is 1. The van der Waals surface area contributed by atoms with Crippen molar-refractivity contribution < 1.29 is 13.2 Å². The number of nitrogens with zero attached hydrogens (tertiary/aromatic N) is 3. The van der Waals surface area contributed by atoms with Crippen molar-refractivity contribution in [2.75, 3.05) is 11.5 Å². The maximum absolute atomic E-state index is 12.7. The number of aromatic nitrogens is 3. The molecule has 1 aliphatic rings. The molecule has 0 bridgehead atoms. The highest BCUT2D eigenvalue weighted by Gasteiger charge is 2.25. The van der Waals surface area contributed by atoms with Crippen LogP contribution < -0.4 is 10.9 Å². The average Bonchev–Trinajstić information content (AvgIpc) is 3.25. The molecular formula is C22H23ClN4O4S. The minimum Gasteiger partial charge on any atom is -0.349 e. The van der Waals surface area contributed by atoms with Gasteiger partial charge in [-0.3, -0.25) is 14.0 Å². The van der Waals surface area contributed by atoms with Crippen LogP contribution in [0.25, 0.3) is 16.8 Å². The Morgan fingerprint density at radius 1 is 1.31 bits per heavy atom. The molecule has 3 aromatic rings. The van der Waals surface area contributed by atoms with Gasteiger partial charge in [0.2, 0.25) is 0 Å². The summed E-state index contributed by atoms with van der Waals surface area (Å²) in [7, 11) is -3.00. The summed E-state index contributed by atoms with van der Waals surface area (Å²) in [5, 5.41) is 3.15. The summed E-state index contributed by atoms with van der Waals surface area (Å²) in [6.45, 7) is 2.31. The van der Waals surface area contributed by atoms with Gasteiger partial charge in [-0.1, -0.05) is 29.8 Å². The number of rotatable bonds is 5. The van der Waals surface area contributed by atoms with E-state index in [1.807, 2.05) is 19.1 Å². The Bertz CT molecular complexity index is 1360. The lowest BCUT2D eigenvalue weighted by Crippen LogP contribution is -2.40. The zero-order chi connectivity index (χ0) is 22.9. The van der Waals surface area contributed by atoms with E-state index in [4.69, 9.17) is 11.6 Å². The van der Waals surface area contributed by atoms with Crippen molar-refractivity contribution >= 4 is 32.9 Å². The maximum Gasteiger partial charge on any atom is 0.276 e. The number of hydrogen-bond donors (Lipinski definition) is 1. The van der Waals surface area contributed by atoms with E-state index in [0.29, 0.717) is 36.2 Å². The number of carbonyl (C=O) groups is 1. The summed E-state index contributed by atoms with van der Waals surface area (Å²) < 4.78 is 26.5. The van der Waals surface area contributed by atoms with Crippen molar-refractivity contribution in [2.24, 2.45) is 0 Å². The lowest BCUT2D eigenvalue weighted by Gasteiger charge is -2.23. The van der Waals surface area contributed by atoms with Crippen LogP contribution in [0.4, 0.5) is 0 Å². The Morgan fingerprint density at radius 2 is 2.06 bits per heavy atom. The van der Waals surface area contributed by atoms with E-state index in [0.717, 1.165) is 5.56 Å². The molecule has 0 unspecified atom stereocenters. The van der Waals surface area contributed by atoms with Crippen molar-refractivity contribution in [3.8, 4) is 11.3 Å². The van der Waals surface area contributed by atoms with Gasteiger partial charge in [-0.2, -0.15) is 0 Å². The molecule has 1 aromatic carbocycles. The third-order valence-corrected chi connectivity index (χ3v) is 7.62. The first-order chi connectivity index (χ1) is 15.3. The molecule has 1 amide bonds. The van der Waals surface area contributed by atoms with Crippen LogP contribution in [0.3, 0.4) is 0 Å². The van der Waals surface area contributed by atoms with Gasteiger partial charge in [-0.25, -0.2) is 13.4 Å². The number of fused-ring (bicyclic) bond motifs is 1. The van der Waals surface area contributed by atoms with Crippen LogP contribution in [0, 0.1) is 0 Å². The largest absolute Gasteiger partial charge is 0.349 e. The molecule has 10 heteroatoms. The van der Waals surface area contributed by atoms with Crippen molar-refractivity contribution in [3.05, 3.63) is 70.0 Å². The predicted molar refractivity (Wildman–Crippen MR) is 124 cm³/mol. The second-order valence-electron chi connectivity index (χ2n) is 7.78. The van der Waals surface area contributed by atoms with Gasteiger partial charge in [0.25, 0.3) is 11.5 Å². The molecule has 3 heterocycles. The van der Waals surface area contributed by atoms with Gasteiger partial charge in [0, 0.05) is 24.3 Å². The number of hydrogen-bond acceptors (Lipinski definition) is 5. The molecule has 0 atom stereocenters. The highest BCUT2D eigenvalue weighted by molar-refractivity contribution is 7.91. The molecule has 0 radical (unpaired) electrons. The normalized spacial score (nSPS) is 16.6. The molecule has 2 aromatic heterocycles. The van der Waals surface area contributed by atoms with Gasteiger partial charge in [-0.15, -0.1) is 0 Å². The van der Waals surface area contributed by atoms with Gasteiger partial charge in [0.15, 0.2) is 0 Å². The lowest BCUT2D eigenvalue weighted by molar-refractivity contribution is 0.0934. The molecule has 1 N–H and O–H groups in total. The number of sulfone groups is 1. The third kappa shape index (κ3) is 4.49. The Balaban J connectivity index is 1.63. The number of amides is 1. The van der Waals surface area contributed by atoms with E-state index in [9.17, 15) is 18.0 Å². The molecule has 0 aliphatic carbocycles. The van der Waals surface area contributed by atoms with Crippen LogP contribution in [0.15, 0.2) is 53.9 Å². The fraction of sp³-hybridized carbons (Fsp3) is 0.318. The van der Waals surface area contributed by atoms with Gasteiger partial charge in [0.1, 0.15) is 15.4 Å². The van der Waals surface area contributed by atoms with Gasteiger partial charge in [-0.05, 0) is 31.9 Å². The molecule has 4 rings (SSSR count). The molecule has 1 aliphatic heterocycles. The Kier molecular flexibility index (Phi) is 6.21. The monoisotopic (exact) mass is 474 g/mol. The number of carbonyl (C=O) groups excluding carboxylic acids is 1. The second-order valence-corrected chi connectivity index (χ2v) is 10.5. The molecular weight excluding hydrogens is 452 g/mol. The van der Waals surface area contributed by atoms with Crippen molar-refractivity contribution in [3.63, 3.8) is 0 Å². The van der Waals surface area contributed by atoms with Crippen LogP contribution in [0.1, 0.15) is 30.1 Å². The topological polar surface area (TPSA) is 103 Å². The van der Waals surface area contributed by atoms with Crippen LogP contribution in [-0.4, -0.2) is 45.8 Å². The average molecular weight is 475 g/mol. The first kappa shape index (κ1) is 22.3. The summed E-state index contributed by atoms with van der Waals surface area (Å²) in [4.78, 5) is 29.5. The molecule has 32 heavy (non-hydrogen) atoms. The van der Waals surface area contributed by atoms with E-state index >= 15 is 0 Å². The van der Waals surface area contributed by atoms with Crippen molar-refractivity contribution in [1.29, 1.82) is 0 Å². The lowest BCUT2D eigenvalue weighted by atomic mass is 10.1. The highest BCUT2D eigenvalue weighted by atomic mass is 35.5. The van der Waals surface area contributed by atoms with E-state index in [1.165, 1.54) is 6.20 Å².